The van der Waals surface area contributed by atoms with Crippen LogP contribution in [0.1, 0.15) is 42.6 Å². The molecule has 0 saturated carbocycles. The van der Waals surface area contributed by atoms with Gasteiger partial charge < -0.3 is 4.90 Å². The van der Waals surface area contributed by atoms with Gasteiger partial charge >= 0.3 is 0 Å². The van der Waals surface area contributed by atoms with Crippen LogP contribution in [-0.4, -0.2) is 27.7 Å². The number of hydrogen-bond donors (Lipinski definition) is 0. The van der Waals surface area contributed by atoms with Crippen LogP contribution >= 0.6 is 0 Å². The number of aromatic nitrogens is 3. The molecule has 4 nitrogen and oxygen atoms in total. The van der Waals surface area contributed by atoms with Crippen LogP contribution in [0.2, 0.25) is 0 Å². The number of hydrogen-bond acceptors (Lipinski definition) is 3. The predicted octanol–water partition coefficient (Wildman–Crippen LogP) is 3.03. The molecule has 0 aliphatic carbocycles. The van der Waals surface area contributed by atoms with Crippen LogP contribution in [0.15, 0.2) is 6.07 Å². The molecule has 102 valence electrons. The molecule has 1 aliphatic heterocycles. The van der Waals surface area contributed by atoms with E-state index in [9.17, 15) is 0 Å². The fourth-order valence-electron chi connectivity index (χ4n) is 2.86. The molecule has 1 saturated heterocycles. The zero-order valence-corrected chi connectivity index (χ0v) is 12.1. The Morgan fingerprint density at radius 1 is 1.00 bits per heavy atom. The fraction of sp³-hybridized carbons (Fsp3) is 0.600. The Morgan fingerprint density at radius 3 is 2.37 bits per heavy atom. The molecule has 2 aromatic heterocycles. The van der Waals surface area contributed by atoms with Gasteiger partial charge in [-0.2, -0.15) is 9.61 Å². The van der Waals surface area contributed by atoms with Crippen molar-refractivity contribution in [2.24, 2.45) is 0 Å². The molecule has 0 radical (unpaired) electrons. The molecule has 0 unspecified atom stereocenters. The molecule has 3 rings (SSSR count). The maximum absolute atomic E-state index is 4.67. The molecular formula is C15H22N4. The first-order valence-corrected chi connectivity index (χ1v) is 7.25. The van der Waals surface area contributed by atoms with Crippen molar-refractivity contribution >= 4 is 11.5 Å². The van der Waals surface area contributed by atoms with Gasteiger partial charge in [0, 0.05) is 30.4 Å². The largest absolute Gasteiger partial charge is 0.356 e. The molecule has 1 fully saturated rings. The maximum atomic E-state index is 4.67. The van der Waals surface area contributed by atoms with Crippen LogP contribution < -0.4 is 4.90 Å². The molecule has 19 heavy (non-hydrogen) atoms. The van der Waals surface area contributed by atoms with Crippen LogP contribution in [0.25, 0.3) is 5.65 Å². The van der Waals surface area contributed by atoms with E-state index in [-0.39, 0.29) is 0 Å². The van der Waals surface area contributed by atoms with Crippen LogP contribution in [0.5, 0.6) is 0 Å². The minimum Gasteiger partial charge on any atom is -0.356 e. The van der Waals surface area contributed by atoms with Gasteiger partial charge in [0.05, 0.1) is 5.69 Å². The molecule has 2 aromatic rings. The molecule has 0 atom stereocenters. The maximum Gasteiger partial charge on any atom is 0.160 e. The zero-order valence-electron chi connectivity index (χ0n) is 12.1. The van der Waals surface area contributed by atoms with Gasteiger partial charge in [0.15, 0.2) is 5.65 Å². The molecule has 4 heteroatoms. The van der Waals surface area contributed by atoms with Crippen LogP contribution in [0, 0.1) is 20.8 Å². The van der Waals surface area contributed by atoms with Gasteiger partial charge in [-0.15, -0.1) is 0 Å². The van der Waals surface area contributed by atoms with Gasteiger partial charge in [0.1, 0.15) is 5.82 Å². The summed E-state index contributed by atoms with van der Waals surface area (Å²) in [6, 6.07) is 2.17. The third-order valence-corrected chi connectivity index (χ3v) is 4.10. The van der Waals surface area contributed by atoms with Crippen molar-refractivity contribution in [1.82, 2.24) is 14.6 Å². The number of nitrogens with zero attached hydrogens (tertiary/aromatic N) is 4. The average Bonchev–Trinajstić information content (AvgIpc) is 2.63. The zero-order chi connectivity index (χ0) is 13.4. The molecule has 0 amide bonds. The number of fused-ring (bicyclic) bond motifs is 1. The molecule has 0 bridgehead atoms. The molecule has 0 spiro atoms. The summed E-state index contributed by atoms with van der Waals surface area (Å²) in [7, 11) is 0. The van der Waals surface area contributed by atoms with Gasteiger partial charge in [-0.05, 0) is 33.6 Å². The van der Waals surface area contributed by atoms with E-state index in [1.807, 2.05) is 4.52 Å². The molecule has 0 N–H and O–H groups in total. The van der Waals surface area contributed by atoms with E-state index in [4.69, 9.17) is 0 Å². The SMILES string of the molecule is Cc1cc(N2CCCCCC2)n2nc(C)c(C)c2n1. The first-order valence-electron chi connectivity index (χ1n) is 7.25. The van der Waals surface area contributed by atoms with E-state index in [2.05, 4.69) is 41.8 Å². The predicted molar refractivity (Wildman–Crippen MR) is 77.9 cm³/mol. The smallest absolute Gasteiger partial charge is 0.160 e. The van der Waals surface area contributed by atoms with Crippen LogP contribution in [0.4, 0.5) is 5.82 Å². The summed E-state index contributed by atoms with van der Waals surface area (Å²) in [6.07, 6.45) is 5.26. The Morgan fingerprint density at radius 2 is 1.68 bits per heavy atom. The second kappa shape index (κ2) is 4.83. The topological polar surface area (TPSA) is 33.4 Å². The Balaban J connectivity index is 2.13. The van der Waals surface area contributed by atoms with Gasteiger partial charge in [-0.3, -0.25) is 0 Å². The second-order valence-electron chi connectivity index (χ2n) is 5.60. The third-order valence-electron chi connectivity index (χ3n) is 4.10. The van der Waals surface area contributed by atoms with Crippen LogP contribution in [0.3, 0.4) is 0 Å². The van der Waals surface area contributed by atoms with E-state index in [1.54, 1.807) is 0 Å². The highest BCUT2D eigenvalue weighted by molar-refractivity contribution is 5.56. The van der Waals surface area contributed by atoms with Crippen molar-refractivity contribution in [3.8, 4) is 0 Å². The summed E-state index contributed by atoms with van der Waals surface area (Å²) in [5.74, 6) is 1.21. The minimum atomic E-state index is 1.01. The number of anilines is 1. The Bertz CT molecular complexity index is 592. The normalized spacial score (nSPS) is 16.9. The lowest BCUT2D eigenvalue weighted by Gasteiger charge is -2.23. The summed E-state index contributed by atoms with van der Waals surface area (Å²) in [5, 5.41) is 4.67. The standard InChI is InChI=1S/C15H22N4/c1-11-10-14(18-8-6-4-5-7-9-18)19-15(16-11)12(2)13(3)17-19/h10H,4-9H2,1-3H3. The van der Waals surface area contributed by atoms with E-state index in [1.165, 1.54) is 37.1 Å². The molecule has 3 heterocycles. The highest BCUT2D eigenvalue weighted by Crippen LogP contribution is 2.23. The van der Waals surface area contributed by atoms with E-state index in [0.29, 0.717) is 0 Å². The highest BCUT2D eigenvalue weighted by Gasteiger charge is 2.17. The van der Waals surface area contributed by atoms with Gasteiger partial charge in [0.25, 0.3) is 0 Å². The number of aryl methyl sites for hydroxylation is 3. The van der Waals surface area contributed by atoms with Crippen molar-refractivity contribution in [2.45, 2.75) is 46.5 Å². The monoisotopic (exact) mass is 258 g/mol. The van der Waals surface area contributed by atoms with Gasteiger partial charge in [-0.25, -0.2) is 4.98 Å². The number of rotatable bonds is 1. The van der Waals surface area contributed by atoms with Gasteiger partial charge in [0.2, 0.25) is 0 Å². The lowest BCUT2D eigenvalue weighted by atomic mass is 10.2. The molecular weight excluding hydrogens is 236 g/mol. The Kier molecular flexibility index (Phi) is 3.17. The summed E-state index contributed by atoms with van der Waals surface area (Å²) in [6.45, 7) is 8.51. The minimum absolute atomic E-state index is 1.01. The lowest BCUT2D eigenvalue weighted by molar-refractivity contribution is 0.726. The van der Waals surface area contributed by atoms with Crippen molar-refractivity contribution in [3.05, 3.63) is 23.0 Å². The fourth-order valence-corrected chi connectivity index (χ4v) is 2.86. The third kappa shape index (κ3) is 2.20. The van der Waals surface area contributed by atoms with E-state index in [0.717, 1.165) is 30.1 Å². The van der Waals surface area contributed by atoms with Gasteiger partial charge in [-0.1, -0.05) is 12.8 Å². The Labute approximate surface area is 114 Å². The summed E-state index contributed by atoms with van der Waals surface area (Å²) < 4.78 is 2.03. The average molecular weight is 258 g/mol. The van der Waals surface area contributed by atoms with Crippen molar-refractivity contribution < 1.29 is 0 Å². The van der Waals surface area contributed by atoms with E-state index >= 15 is 0 Å². The summed E-state index contributed by atoms with van der Waals surface area (Å²) in [4.78, 5) is 7.12. The highest BCUT2D eigenvalue weighted by atomic mass is 15.3. The van der Waals surface area contributed by atoms with Crippen LogP contribution in [-0.2, 0) is 0 Å². The second-order valence-corrected chi connectivity index (χ2v) is 5.60. The molecule has 0 aromatic carbocycles. The molecule has 1 aliphatic rings. The van der Waals surface area contributed by atoms with E-state index < -0.39 is 0 Å². The summed E-state index contributed by atoms with van der Waals surface area (Å²) in [5.41, 5.74) is 4.36. The van der Waals surface area contributed by atoms with Crippen molar-refractivity contribution in [3.63, 3.8) is 0 Å². The Hall–Kier alpha value is -1.58. The lowest BCUT2D eigenvalue weighted by Crippen LogP contribution is -2.26. The van der Waals surface area contributed by atoms with Crippen molar-refractivity contribution in [2.75, 3.05) is 18.0 Å². The first kappa shape index (κ1) is 12.5. The first-order chi connectivity index (χ1) is 9.16. The van der Waals surface area contributed by atoms with Crippen molar-refractivity contribution in [1.29, 1.82) is 0 Å². The quantitative estimate of drug-likeness (QED) is 0.788. The summed E-state index contributed by atoms with van der Waals surface area (Å²) >= 11 is 0.